The molecule has 0 spiro atoms. The molecule has 5 heteroatoms. The van der Waals surface area contributed by atoms with Crippen molar-refractivity contribution in [2.45, 2.75) is 25.8 Å². The van der Waals surface area contributed by atoms with Crippen molar-refractivity contribution >= 4 is 5.91 Å². The van der Waals surface area contributed by atoms with Gasteiger partial charge in [-0.1, -0.05) is 25.5 Å². The van der Waals surface area contributed by atoms with Gasteiger partial charge in [0.1, 0.15) is 5.82 Å². The average molecular weight is 293 g/mol. The van der Waals surface area contributed by atoms with Gasteiger partial charge in [-0.05, 0) is 18.6 Å². The maximum atomic E-state index is 13.7. The summed E-state index contributed by atoms with van der Waals surface area (Å²) in [4.78, 5) is 16.4. The number of benzene rings is 1. The third-order valence-electron chi connectivity index (χ3n) is 4.12. The van der Waals surface area contributed by atoms with Crippen molar-refractivity contribution in [3.63, 3.8) is 0 Å². The minimum atomic E-state index is -0.448. The molecule has 0 radical (unpaired) electrons. The van der Waals surface area contributed by atoms with Crippen molar-refractivity contribution < 1.29 is 9.18 Å². The van der Waals surface area contributed by atoms with E-state index in [9.17, 15) is 9.18 Å². The van der Waals surface area contributed by atoms with E-state index in [-0.39, 0.29) is 11.5 Å². The highest BCUT2D eigenvalue weighted by Crippen LogP contribution is 2.14. The van der Waals surface area contributed by atoms with Crippen molar-refractivity contribution in [1.82, 2.24) is 9.80 Å². The zero-order valence-electron chi connectivity index (χ0n) is 12.6. The molecule has 4 nitrogen and oxygen atoms in total. The SMILES string of the molecule is CCCC(CN)N1CCN(C(=O)c2ccccc2F)CC1. The van der Waals surface area contributed by atoms with E-state index < -0.39 is 5.82 Å². The van der Waals surface area contributed by atoms with Gasteiger partial charge in [-0.2, -0.15) is 0 Å². The first-order valence-electron chi connectivity index (χ1n) is 7.65. The standard InChI is InChI=1S/C16H24FN3O/c1-2-5-13(12-18)19-8-10-20(11-9-19)16(21)14-6-3-4-7-15(14)17/h3-4,6-7,13H,2,5,8-12,18H2,1H3. The van der Waals surface area contributed by atoms with Crippen LogP contribution in [0.1, 0.15) is 30.1 Å². The highest BCUT2D eigenvalue weighted by molar-refractivity contribution is 5.94. The molecule has 0 saturated carbocycles. The van der Waals surface area contributed by atoms with Gasteiger partial charge < -0.3 is 10.6 Å². The van der Waals surface area contributed by atoms with Crippen LogP contribution in [0.5, 0.6) is 0 Å². The number of halogens is 1. The van der Waals surface area contributed by atoms with Gasteiger partial charge in [0.25, 0.3) is 5.91 Å². The molecule has 21 heavy (non-hydrogen) atoms. The van der Waals surface area contributed by atoms with Crippen LogP contribution in [0.4, 0.5) is 4.39 Å². The Morgan fingerprint density at radius 1 is 1.29 bits per heavy atom. The van der Waals surface area contributed by atoms with E-state index in [4.69, 9.17) is 5.73 Å². The summed E-state index contributed by atoms with van der Waals surface area (Å²) in [5.74, 6) is -0.664. The molecule has 0 aromatic heterocycles. The van der Waals surface area contributed by atoms with Gasteiger partial charge in [0.15, 0.2) is 0 Å². The quantitative estimate of drug-likeness (QED) is 0.899. The minimum absolute atomic E-state index is 0.162. The van der Waals surface area contributed by atoms with Gasteiger partial charge in [-0.3, -0.25) is 9.69 Å². The summed E-state index contributed by atoms with van der Waals surface area (Å²) in [5.41, 5.74) is 5.99. The maximum Gasteiger partial charge on any atom is 0.256 e. The number of hydrogen-bond donors (Lipinski definition) is 1. The summed E-state index contributed by atoms with van der Waals surface area (Å²) in [6.45, 7) is 5.68. The maximum absolute atomic E-state index is 13.7. The highest BCUT2D eigenvalue weighted by atomic mass is 19.1. The summed E-state index contributed by atoms with van der Waals surface area (Å²) in [5, 5.41) is 0. The summed E-state index contributed by atoms with van der Waals surface area (Å²) in [6.07, 6.45) is 2.19. The lowest BCUT2D eigenvalue weighted by Gasteiger charge is -2.39. The first kappa shape index (κ1) is 15.9. The Hall–Kier alpha value is -1.46. The van der Waals surface area contributed by atoms with Crippen molar-refractivity contribution in [2.75, 3.05) is 32.7 Å². The van der Waals surface area contributed by atoms with Crippen LogP contribution in [-0.4, -0.2) is 54.5 Å². The fourth-order valence-electron chi connectivity index (χ4n) is 2.88. The average Bonchev–Trinajstić information content (AvgIpc) is 2.52. The predicted molar refractivity (Wildman–Crippen MR) is 81.6 cm³/mol. The Balaban J connectivity index is 1.95. The molecule has 1 atom stereocenters. The van der Waals surface area contributed by atoms with Crippen molar-refractivity contribution in [3.8, 4) is 0 Å². The number of nitrogens with two attached hydrogens (primary N) is 1. The summed E-state index contributed by atoms with van der Waals surface area (Å²) in [6, 6.07) is 6.55. The normalized spacial score (nSPS) is 17.8. The molecular formula is C16H24FN3O. The van der Waals surface area contributed by atoms with Crippen LogP contribution in [0, 0.1) is 5.82 Å². The smallest absolute Gasteiger partial charge is 0.256 e. The molecule has 1 aliphatic heterocycles. The summed E-state index contributed by atoms with van der Waals surface area (Å²) < 4.78 is 13.7. The topological polar surface area (TPSA) is 49.6 Å². The van der Waals surface area contributed by atoms with Gasteiger partial charge in [-0.15, -0.1) is 0 Å². The van der Waals surface area contributed by atoms with Gasteiger partial charge >= 0.3 is 0 Å². The number of piperazine rings is 1. The van der Waals surface area contributed by atoms with E-state index in [2.05, 4.69) is 11.8 Å². The predicted octanol–water partition coefficient (Wildman–Crippen LogP) is 1.71. The van der Waals surface area contributed by atoms with E-state index in [1.54, 1.807) is 23.1 Å². The number of hydrogen-bond acceptors (Lipinski definition) is 3. The second-order valence-corrected chi connectivity index (χ2v) is 5.49. The minimum Gasteiger partial charge on any atom is -0.336 e. The van der Waals surface area contributed by atoms with E-state index in [1.807, 2.05) is 0 Å². The van der Waals surface area contributed by atoms with Crippen LogP contribution in [0.25, 0.3) is 0 Å². The van der Waals surface area contributed by atoms with Crippen molar-refractivity contribution in [1.29, 1.82) is 0 Å². The molecule has 0 bridgehead atoms. The van der Waals surface area contributed by atoms with Crippen LogP contribution in [0.15, 0.2) is 24.3 Å². The van der Waals surface area contributed by atoms with Crippen molar-refractivity contribution in [2.24, 2.45) is 5.73 Å². The molecular weight excluding hydrogens is 269 g/mol. The van der Waals surface area contributed by atoms with Gasteiger partial charge in [0, 0.05) is 38.8 Å². The Morgan fingerprint density at radius 2 is 1.95 bits per heavy atom. The third-order valence-corrected chi connectivity index (χ3v) is 4.12. The van der Waals surface area contributed by atoms with Crippen LogP contribution < -0.4 is 5.73 Å². The van der Waals surface area contributed by atoms with Crippen molar-refractivity contribution in [3.05, 3.63) is 35.6 Å². The van der Waals surface area contributed by atoms with Crippen LogP contribution in [0.2, 0.25) is 0 Å². The van der Waals surface area contributed by atoms with Crippen LogP contribution in [0.3, 0.4) is 0 Å². The van der Waals surface area contributed by atoms with Crippen LogP contribution >= 0.6 is 0 Å². The second-order valence-electron chi connectivity index (χ2n) is 5.49. The van der Waals surface area contributed by atoms with E-state index in [0.717, 1.165) is 25.9 Å². The summed E-state index contributed by atoms with van der Waals surface area (Å²) >= 11 is 0. The summed E-state index contributed by atoms with van der Waals surface area (Å²) in [7, 11) is 0. The fraction of sp³-hybridized carbons (Fsp3) is 0.562. The number of carbonyl (C=O) groups excluding carboxylic acids is 1. The Morgan fingerprint density at radius 3 is 2.52 bits per heavy atom. The molecule has 1 heterocycles. The Bertz CT molecular complexity index is 472. The van der Waals surface area contributed by atoms with E-state index in [1.165, 1.54) is 6.07 Å². The van der Waals surface area contributed by atoms with Gasteiger partial charge in [0.05, 0.1) is 5.56 Å². The largest absolute Gasteiger partial charge is 0.336 e. The second kappa shape index (κ2) is 7.52. The monoisotopic (exact) mass is 293 g/mol. The third kappa shape index (κ3) is 3.80. The molecule has 1 aromatic carbocycles. The number of nitrogens with zero attached hydrogens (tertiary/aromatic N) is 2. The lowest BCUT2D eigenvalue weighted by Crippen LogP contribution is -2.53. The molecule has 1 aromatic rings. The molecule has 1 saturated heterocycles. The molecule has 0 aliphatic carbocycles. The molecule has 2 N–H and O–H groups in total. The van der Waals surface area contributed by atoms with Gasteiger partial charge in [-0.25, -0.2) is 4.39 Å². The molecule has 1 aliphatic rings. The Labute approximate surface area is 125 Å². The van der Waals surface area contributed by atoms with E-state index >= 15 is 0 Å². The Kier molecular flexibility index (Phi) is 5.70. The highest BCUT2D eigenvalue weighted by Gasteiger charge is 2.26. The zero-order valence-corrected chi connectivity index (χ0v) is 12.6. The molecule has 1 fully saturated rings. The number of amides is 1. The van der Waals surface area contributed by atoms with E-state index in [0.29, 0.717) is 25.7 Å². The zero-order chi connectivity index (χ0) is 15.2. The number of carbonyl (C=O) groups is 1. The van der Waals surface area contributed by atoms with Crippen LogP contribution in [-0.2, 0) is 0 Å². The molecule has 1 unspecified atom stereocenters. The molecule has 1 amide bonds. The lowest BCUT2D eigenvalue weighted by atomic mass is 10.1. The first-order valence-corrected chi connectivity index (χ1v) is 7.65. The van der Waals surface area contributed by atoms with Gasteiger partial charge in [0.2, 0.25) is 0 Å². The first-order chi connectivity index (χ1) is 10.2. The fourth-order valence-corrected chi connectivity index (χ4v) is 2.88. The number of rotatable bonds is 5. The molecule has 116 valence electrons. The lowest BCUT2D eigenvalue weighted by molar-refractivity contribution is 0.0562. The molecule has 2 rings (SSSR count).